The second kappa shape index (κ2) is 7.27. The summed E-state index contributed by atoms with van der Waals surface area (Å²) in [4.78, 5) is 16.8. The molecule has 0 saturated heterocycles. The van der Waals surface area contributed by atoms with E-state index >= 15 is 0 Å². The Morgan fingerprint density at radius 3 is 2.07 bits per heavy atom. The topological polar surface area (TPSA) is 125 Å². The van der Waals surface area contributed by atoms with Crippen LogP contribution in [0.5, 0.6) is 0 Å². The lowest BCUT2D eigenvalue weighted by Gasteiger charge is -2.12. The second-order valence-corrected chi connectivity index (χ2v) is 3.89. The minimum atomic E-state index is -3.12. The largest absolute Gasteiger partial charge is 0.700 e. The quantitative estimate of drug-likeness (QED) is 0.272. The Morgan fingerprint density at radius 1 is 1.27 bits per heavy atom. The molecule has 0 radical (unpaired) electrons. The molecule has 0 amide bonds. The van der Waals surface area contributed by atoms with Gasteiger partial charge in [-0.3, -0.25) is 0 Å². The molecule has 2 atom stereocenters. The van der Waals surface area contributed by atoms with Crippen LogP contribution in [0, 0.1) is 0 Å². The SMILES string of the molecule is CNCCCC(O)(O[P+](=O)O)O[P+](=O)O. The molecule has 0 spiro atoms. The molecule has 0 aliphatic heterocycles. The summed E-state index contributed by atoms with van der Waals surface area (Å²) in [7, 11) is -4.58. The first-order chi connectivity index (χ1) is 6.89. The van der Waals surface area contributed by atoms with Crippen molar-refractivity contribution in [2.45, 2.75) is 18.8 Å². The van der Waals surface area contributed by atoms with Crippen molar-refractivity contribution in [3.05, 3.63) is 0 Å². The van der Waals surface area contributed by atoms with Crippen LogP contribution >= 0.6 is 16.5 Å². The van der Waals surface area contributed by atoms with Crippen LogP contribution in [0.25, 0.3) is 0 Å². The fraction of sp³-hybridized carbons (Fsp3) is 1.00. The van der Waals surface area contributed by atoms with Crippen molar-refractivity contribution in [3.63, 3.8) is 0 Å². The molecule has 0 rings (SSSR count). The molecule has 0 aromatic carbocycles. The molecule has 15 heavy (non-hydrogen) atoms. The molecule has 0 aromatic rings. The fourth-order valence-electron chi connectivity index (χ4n) is 0.841. The predicted octanol–water partition coefficient (Wildman–Crippen LogP) is -0.0353. The average Bonchev–Trinajstić information content (AvgIpc) is 2.00. The van der Waals surface area contributed by atoms with E-state index in [0.717, 1.165) is 0 Å². The second-order valence-electron chi connectivity index (χ2n) is 2.58. The minimum absolute atomic E-state index is 0.211. The lowest BCUT2D eigenvalue weighted by Crippen LogP contribution is -2.32. The van der Waals surface area contributed by atoms with E-state index in [-0.39, 0.29) is 6.42 Å². The van der Waals surface area contributed by atoms with Crippen molar-refractivity contribution in [1.29, 1.82) is 0 Å². The van der Waals surface area contributed by atoms with Crippen LogP contribution in [0.4, 0.5) is 0 Å². The standard InChI is InChI=1S/C5H11NO7P2/c1-6-4-2-3-5(7,12-14(8)9)13-15(10)11/h6-7H,2-4H2,1H3/p+2. The van der Waals surface area contributed by atoms with Crippen molar-refractivity contribution in [1.82, 2.24) is 5.32 Å². The first-order valence-electron chi connectivity index (χ1n) is 3.97. The Hall–Kier alpha value is -0.0400. The molecule has 88 valence electrons. The molecule has 10 heteroatoms. The van der Waals surface area contributed by atoms with E-state index in [2.05, 4.69) is 14.4 Å². The van der Waals surface area contributed by atoms with Crippen LogP contribution in [0.15, 0.2) is 0 Å². The van der Waals surface area contributed by atoms with Crippen LogP contribution in [0.1, 0.15) is 12.8 Å². The van der Waals surface area contributed by atoms with E-state index in [4.69, 9.17) is 9.79 Å². The van der Waals surface area contributed by atoms with Gasteiger partial charge in [0, 0.05) is 15.6 Å². The Morgan fingerprint density at radius 2 is 1.73 bits per heavy atom. The predicted molar refractivity (Wildman–Crippen MR) is 49.9 cm³/mol. The molecular formula is C5H13NO7P2+2. The maximum Gasteiger partial charge on any atom is 0.700 e. The highest BCUT2D eigenvalue weighted by molar-refractivity contribution is 7.33. The summed E-state index contributed by atoms with van der Waals surface area (Å²) in [6.07, 6.45) is 0.121. The van der Waals surface area contributed by atoms with Crippen LogP contribution in [0.2, 0.25) is 0 Å². The van der Waals surface area contributed by atoms with Gasteiger partial charge in [0.05, 0.1) is 0 Å². The number of rotatable bonds is 8. The summed E-state index contributed by atoms with van der Waals surface area (Å²) in [6.45, 7) is 0.486. The summed E-state index contributed by atoms with van der Waals surface area (Å²) in [5.74, 6) is -2.51. The molecular weight excluding hydrogens is 248 g/mol. The summed E-state index contributed by atoms with van der Waals surface area (Å²) in [6, 6.07) is 0. The van der Waals surface area contributed by atoms with Gasteiger partial charge in [-0.25, -0.2) is 0 Å². The van der Waals surface area contributed by atoms with E-state index in [1.165, 1.54) is 0 Å². The van der Waals surface area contributed by atoms with E-state index in [1.54, 1.807) is 7.05 Å². The lowest BCUT2D eigenvalue weighted by atomic mass is 10.3. The van der Waals surface area contributed by atoms with E-state index in [1.807, 2.05) is 0 Å². The molecule has 2 unspecified atom stereocenters. The summed E-state index contributed by atoms with van der Waals surface area (Å²) in [5, 5.41) is 12.2. The Balaban J connectivity index is 4.26. The van der Waals surface area contributed by atoms with Gasteiger partial charge in [-0.2, -0.15) is 0 Å². The van der Waals surface area contributed by atoms with Gasteiger partial charge in [0.15, 0.2) is 0 Å². The minimum Gasteiger partial charge on any atom is -0.337 e. The van der Waals surface area contributed by atoms with Crippen LogP contribution in [-0.2, 0) is 18.2 Å². The molecule has 0 aromatic heterocycles. The molecule has 0 aliphatic rings. The fourth-order valence-corrected chi connectivity index (χ4v) is 1.64. The zero-order chi connectivity index (χ0) is 11.9. The van der Waals surface area contributed by atoms with Gasteiger partial charge in [-0.05, 0) is 29.1 Å². The third-order valence-corrected chi connectivity index (χ3v) is 2.24. The molecule has 0 aliphatic carbocycles. The third-order valence-electron chi connectivity index (χ3n) is 1.36. The highest BCUT2D eigenvalue weighted by Gasteiger charge is 2.47. The average molecular weight is 261 g/mol. The molecule has 0 bridgehead atoms. The number of hydrogen-bond donors (Lipinski definition) is 4. The van der Waals surface area contributed by atoms with Crippen molar-refractivity contribution in [2.75, 3.05) is 13.6 Å². The smallest absolute Gasteiger partial charge is 0.337 e. The van der Waals surface area contributed by atoms with Crippen LogP contribution < -0.4 is 5.32 Å². The monoisotopic (exact) mass is 261 g/mol. The maximum atomic E-state index is 10.3. The highest BCUT2D eigenvalue weighted by atomic mass is 31.1. The van der Waals surface area contributed by atoms with Crippen LogP contribution in [0.3, 0.4) is 0 Å². The molecule has 0 fully saturated rings. The zero-order valence-electron chi connectivity index (χ0n) is 7.99. The van der Waals surface area contributed by atoms with Gasteiger partial charge >= 0.3 is 22.5 Å². The summed E-state index contributed by atoms with van der Waals surface area (Å²) >= 11 is 0. The molecule has 0 heterocycles. The Kier molecular flexibility index (Phi) is 7.25. The van der Waals surface area contributed by atoms with Crippen molar-refractivity contribution in [3.8, 4) is 0 Å². The maximum absolute atomic E-state index is 10.3. The van der Waals surface area contributed by atoms with Crippen molar-refractivity contribution >= 4 is 16.5 Å². The first-order valence-corrected chi connectivity index (χ1v) is 6.23. The van der Waals surface area contributed by atoms with Gasteiger partial charge in [-0.15, -0.1) is 9.79 Å². The normalized spacial score (nSPS) is 17.1. The summed E-state index contributed by atoms with van der Waals surface area (Å²) in [5.41, 5.74) is 0. The van der Waals surface area contributed by atoms with Gasteiger partial charge in [-0.1, -0.05) is 0 Å². The summed E-state index contributed by atoms with van der Waals surface area (Å²) < 4.78 is 28.9. The van der Waals surface area contributed by atoms with Gasteiger partial charge in [0.25, 0.3) is 0 Å². The molecule has 8 nitrogen and oxygen atoms in total. The number of nitrogens with one attached hydrogen (secondary N) is 1. The Labute approximate surface area is 88.1 Å². The molecule has 4 N–H and O–H groups in total. The first kappa shape index (κ1) is 15.0. The van der Waals surface area contributed by atoms with Gasteiger partial charge < -0.3 is 10.4 Å². The van der Waals surface area contributed by atoms with E-state index in [9.17, 15) is 14.2 Å². The van der Waals surface area contributed by atoms with Gasteiger partial charge in [0.1, 0.15) is 0 Å². The van der Waals surface area contributed by atoms with E-state index < -0.39 is 22.5 Å². The van der Waals surface area contributed by atoms with Crippen molar-refractivity contribution < 1.29 is 33.1 Å². The molecule has 0 saturated carbocycles. The highest BCUT2D eigenvalue weighted by Crippen LogP contribution is 2.35. The van der Waals surface area contributed by atoms with Crippen LogP contribution in [-0.4, -0.2) is 34.5 Å². The lowest BCUT2D eigenvalue weighted by molar-refractivity contribution is -0.277. The number of hydrogen-bond acceptors (Lipinski definition) is 6. The van der Waals surface area contributed by atoms with Crippen molar-refractivity contribution in [2.24, 2.45) is 0 Å². The van der Waals surface area contributed by atoms with E-state index in [0.29, 0.717) is 13.0 Å². The zero-order valence-corrected chi connectivity index (χ0v) is 9.78. The van der Waals surface area contributed by atoms with Gasteiger partial charge in [0.2, 0.25) is 0 Å². The Bertz CT molecular complexity index is 219. The number of aliphatic hydroxyl groups is 1. The third kappa shape index (κ3) is 7.84.